The van der Waals surface area contributed by atoms with Crippen molar-refractivity contribution in [2.24, 2.45) is 5.92 Å². The molecule has 0 radical (unpaired) electrons. The van der Waals surface area contributed by atoms with E-state index >= 15 is 0 Å². The molecule has 1 rings (SSSR count). The summed E-state index contributed by atoms with van der Waals surface area (Å²) in [7, 11) is 1.54. The van der Waals surface area contributed by atoms with Gasteiger partial charge in [-0.2, -0.15) is 0 Å². The van der Waals surface area contributed by atoms with Crippen molar-refractivity contribution in [3.63, 3.8) is 0 Å². The van der Waals surface area contributed by atoms with Crippen LogP contribution in [-0.4, -0.2) is 52.1 Å². The van der Waals surface area contributed by atoms with Crippen molar-refractivity contribution >= 4 is 11.9 Å². The Bertz CT molecular complexity index is 464. The summed E-state index contributed by atoms with van der Waals surface area (Å²) in [5, 5.41) is 8.76. The zero-order chi connectivity index (χ0) is 14.4. The Labute approximate surface area is 111 Å². The quantitative estimate of drug-likeness (QED) is 0.799. The molecule has 1 amide bonds. The molecule has 1 atom stereocenters. The number of likely N-dealkylation sites (N-methyl/N-ethyl adjacent to an activating group) is 1. The van der Waals surface area contributed by atoms with Crippen LogP contribution in [0.1, 0.15) is 12.6 Å². The predicted molar refractivity (Wildman–Crippen MR) is 66.7 cm³/mol. The minimum absolute atomic E-state index is 0.139. The first-order chi connectivity index (χ1) is 8.90. The van der Waals surface area contributed by atoms with Crippen LogP contribution in [0.5, 0.6) is 5.88 Å². The Hall–Kier alpha value is -2.18. The first-order valence-electron chi connectivity index (χ1n) is 5.78. The van der Waals surface area contributed by atoms with Crippen molar-refractivity contribution < 1.29 is 19.4 Å². The van der Waals surface area contributed by atoms with Gasteiger partial charge in [-0.15, -0.1) is 0 Å². The number of hydrogen-bond acceptors (Lipinski definition) is 5. The van der Waals surface area contributed by atoms with E-state index in [-0.39, 0.29) is 19.1 Å². The van der Waals surface area contributed by atoms with Crippen molar-refractivity contribution in [2.75, 3.05) is 20.2 Å². The molecule has 0 fully saturated rings. The third-order valence-corrected chi connectivity index (χ3v) is 2.52. The van der Waals surface area contributed by atoms with E-state index in [2.05, 4.69) is 9.97 Å². The molecule has 104 valence electrons. The van der Waals surface area contributed by atoms with Gasteiger partial charge in [0.05, 0.1) is 5.92 Å². The molecule has 0 aliphatic carbocycles. The van der Waals surface area contributed by atoms with Crippen LogP contribution in [-0.2, 0) is 9.59 Å². The maximum atomic E-state index is 11.7. The Balaban J connectivity index is 2.44. The summed E-state index contributed by atoms with van der Waals surface area (Å²) in [4.78, 5) is 31.5. The third kappa shape index (κ3) is 4.90. The zero-order valence-corrected chi connectivity index (χ0v) is 11.2. The summed E-state index contributed by atoms with van der Waals surface area (Å²) in [6.07, 6.45) is 1.35. The number of aromatic nitrogens is 2. The lowest BCUT2D eigenvalue weighted by molar-refractivity contribution is -0.143. The number of nitrogens with zero attached hydrogens (tertiary/aromatic N) is 3. The molecule has 0 saturated heterocycles. The molecule has 0 aromatic carbocycles. The number of hydrogen-bond donors (Lipinski definition) is 1. The molecular weight excluding hydrogens is 250 g/mol. The number of ether oxygens (including phenoxy) is 1. The summed E-state index contributed by atoms with van der Waals surface area (Å²) in [6, 6.07) is 1.62. The summed E-state index contributed by atoms with van der Waals surface area (Å²) in [6.45, 7) is 3.29. The first kappa shape index (κ1) is 14.9. The molecular formula is C12H17N3O4. The van der Waals surface area contributed by atoms with Gasteiger partial charge in [0.15, 0.2) is 6.61 Å². The molecule has 0 bridgehead atoms. The summed E-state index contributed by atoms with van der Waals surface area (Å²) >= 11 is 0. The highest BCUT2D eigenvalue weighted by Gasteiger charge is 2.17. The van der Waals surface area contributed by atoms with E-state index < -0.39 is 11.9 Å². The number of carbonyl (C=O) groups excluding carboxylic acids is 1. The summed E-state index contributed by atoms with van der Waals surface area (Å²) in [5.41, 5.74) is 0.741. The Morgan fingerprint density at radius 3 is 2.74 bits per heavy atom. The fourth-order valence-electron chi connectivity index (χ4n) is 1.35. The van der Waals surface area contributed by atoms with Crippen molar-refractivity contribution in [3.05, 3.63) is 18.1 Å². The van der Waals surface area contributed by atoms with E-state index in [1.165, 1.54) is 18.3 Å². The van der Waals surface area contributed by atoms with Crippen molar-refractivity contribution in [3.8, 4) is 5.88 Å². The predicted octanol–water partition coefficient (Wildman–Crippen LogP) is 0.343. The van der Waals surface area contributed by atoms with Crippen LogP contribution < -0.4 is 4.74 Å². The second kappa shape index (κ2) is 6.67. The molecule has 1 aromatic heterocycles. The molecule has 0 aliphatic heterocycles. The van der Waals surface area contributed by atoms with Crippen molar-refractivity contribution in [2.45, 2.75) is 13.8 Å². The molecule has 1 N–H and O–H groups in total. The van der Waals surface area contributed by atoms with Gasteiger partial charge in [0.1, 0.15) is 6.33 Å². The lowest BCUT2D eigenvalue weighted by Gasteiger charge is -2.19. The number of carboxylic acid groups (broad SMARTS) is 1. The average Bonchev–Trinajstić information content (AvgIpc) is 2.35. The summed E-state index contributed by atoms with van der Waals surface area (Å²) < 4.78 is 5.22. The van der Waals surface area contributed by atoms with E-state index in [0.717, 1.165) is 5.69 Å². The van der Waals surface area contributed by atoms with Gasteiger partial charge < -0.3 is 14.7 Å². The van der Waals surface area contributed by atoms with Crippen LogP contribution in [0.2, 0.25) is 0 Å². The average molecular weight is 267 g/mol. The lowest BCUT2D eigenvalue weighted by Crippen LogP contribution is -2.36. The number of aliphatic carboxylic acids is 1. The number of carboxylic acids is 1. The fraction of sp³-hybridized carbons (Fsp3) is 0.500. The molecule has 19 heavy (non-hydrogen) atoms. The van der Waals surface area contributed by atoms with Crippen molar-refractivity contribution in [1.29, 1.82) is 0 Å². The van der Waals surface area contributed by atoms with Gasteiger partial charge in [-0.25, -0.2) is 9.97 Å². The minimum Gasteiger partial charge on any atom is -0.481 e. The smallest absolute Gasteiger partial charge is 0.308 e. The fourth-order valence-corrected chi connectivity index (χ4v) is 1.35. The molecule has 7 heteroatoms. The minimum atomic E-state index is -0.938. The number of carbonyl (C=O) groups is 2. The van der Waals surface area contributed by atoms with Crippen LogP contribution in [0.3, 0.4) is 0 Å². The van der Waals surface area contributed by atoms with E-state index in [1.54, 1.807) is 19.9 Å². The molecule has 1 heterocycles. The van der Waals surface area contributed by atoms with E-state index in [4.69, 9.17) is 9.84 Å². The maximum Gasteiger partial charge on any atom is 0.308 e. The Morgan fingerprint density at radius 1 is 1.47 bits per heavy atom. The van der Waals surface area contributed by atoms with Gasteiger partial charge >= 0.3 is 5.97 Å². The van der Waals surface area contributed by atoms with Gasteiger partial charge in [0.2, 0.25) is 5.88 Å². The van der Waals surface area contributed by atoms with Gasteiger partial charge in [-0.1, -0.05) is 6.92 Å². The highest BCUT2D eigenvalue weighted by Crippen LogP contribution is 2.06. The topological polar surface area (TPSA) is 92.6 Å². The van der Waals surface area contributed by atoms with Crippen LogP contribution in [0.15, 0.2) is 12.4 Å². The molecule has 1 aromatic rings. The second-order valence-electron chi connectivity index (χ2n) is 4.30. The zero-order valence-electron chi connectivity index (χ0n) is 11.2. The number of amides is 1. The highest BCUT2D eigenvalue weighted by atomic mass is 16.5. The summed E-state index contributed by atoms with van der Waals surface area (Å²) in [5.74, 6) is -1.54. The van der Waals surface area contributed by atoms with Crippen molar-refractivity contribution in [1.82, 2.24) is 14.9 Å². The van der Waals surface area contributed by atoms with Crippen LogP contribution in [0.4, 0.5) is 0 Å². The molecule has 1 unspecified atom stereocenters. The van der Waals surface area contributed by atoms with Gasteiger partial charge in [0, 0.05) is 25.4 Å². The molecule has 7 nitrogen and oxygen atoms in total. The molecule has 0 saturated carbocycles. The standard InChI is InChI=1S/C12H17N3O4/c1-8(12(17)18)5-15(3)11(16)6-19-10-4-9(2)13-7-14-10/h4,7-8H,5-6H2,1-3H3,(H,17,18). The second-order valence-corrected chi connectivity index (χ2v) is 4.30. The third-order valence-electron chi connectivity index (χ3n) is 2.52. The number of aryl methyl sites for hydroxylation is 1. The van der Waals surface area contributed by atoms with E-state index in [1.807, 2.05) is 0 Å². The van der Waals surface area contributed by atoms with Crippen LogP contribution in [0, 0.1) is 12.8 Å². The Morgan fingerprint density at radius 2 is 2.16 bits per heavy atom. The normalized spacial score (nSPS) is 11.7. The Kier molecular flexibility index (Phi) is 5.23. The largest absolute Gasteiger partial charge is 0.481 e. The van der Waals surface area contributed by atoms with Crippen LogP contribution in [0.25, 0.3) is 0 Å². The SMILES string of the molecule is Cc1cc(OCC(=O)N(C)CC(C)C(=O)O)ncn1. The monoisotopic (exact) mass is 267 g/mol. The maximum absolute atomic E-state index is 11.7. The molecule has 0 aliphatic rings. The van der Waals surface area contributed by atoms with Crippen LogP contribution >= 0.6 is 0 Å². The highest BCUT2D eigenvalue weighted by molar-refractivity contribution is 5.78. The van der Waals surface area contributed by atoms with Gasteiger partial charge in [-0.05, 0) is 6.92 Å². The lowest BCUT2D eigenvalue weighted by atomic mass is 10.2. The van der Waals surface area contributed by atoms with Gasteiger partial charge in [0.25, 0.3) is 5.91 Å². The first-order valence-corrected chi connectivity index (χ1v) is 5.78. The number of rotatable bonds is 6. The molecule has 0 spiro atoms. The van der Waals surface area contributed by atoms with E-state index in [0.29, 0.717) is 5.88 Å². The van der Waals surface area contributed by atoms with Gasteiger partial charge in [-0.3, -0.25) is 9.59 Å². The van der Waals surface area contributed by atoms with E-state index in [9.17, 15) is 9.59 Å².